The quantitative estimate of drug-likeness (QED) is 0.860. The summed E-state index contributed by atoms with van der Waals surface area (Å²) in [4.78, 5) is 13.9. The van der Waals surface area contributed by atoms with Gasteiger partial charge in [-0.05, 0) is 37.1 Å². The lowest BCUT2D eigenvalue weighted by atomic mass is 10.1. The molecule has 0 saturated carbocycles. The topological polar surface area (TPSA) is 57.4 Å². The molecule has 0 aliphatic carbocycles. The van der Waals surface area contributed by atoms with Crippen molar-refractivity contribution < 1.29 is 4.42 Å². The SMILES string of the molecule is C(=Cc1ccco1)CN1CC(Nc2nccc(N3CCCCCC3)n2)C1. The number of furan rings is 1. The van der Waals surface area contributed by atoms with Crippen molar-refractivity contribution in [1.82, 2.24) is 14.9 Å². The summed E-state index contributed by atoms with van der Waals surface area (Å²) < 4.78 is 5.30. The van der Waals surface area contributed by atoms with Crippen LogP contribution in [0.3, 0.4) is 0 Å². The first-order chi connectivity index (χ1) is 12.9. The van der Waals surface area contributed by atoms with Gasteiger partial charge < -0.3 is 14.6 Å². The van der Waals surface area contributed by atoms with Crippen LogP contribution in [-0.2, 0) is 0 Å². The zero-order chi connectivity index (χ0) is 17.6. The maximum absolute atomic E-state index is 5.30. The Kier molecular flexibility index (Phi) is 5.50. The van der Waals surface area contributed by atoms with Crippen LogP contribution in [0.1, 0.15) is 31.4 Å². The normalized spacial score (nSPS) is 19.5. The number of rotatable bonds is 6. The Labute approximate surface area is 154 Å². The Balaban J connectivity index is 1.24. The summed E-state index contributed by atoms with van der Waals surface area (Å²) in [6, 6.07) is 6.32. The van der Waals surface area contributed by atoms with Gasteiger partial charge in [-0.25, -0.2) is 4.98 Å². The summed E-state index contributed by atoms with van der Waals surface area (Å²) in [6.45, 7) is 5.18. The fourth-order valence-electron chi connectivity index (χ4n) is 3.59. The molecule has 2 aliphatic rings. The molecule has 4 heterocycles. The lowest BCUT2D eigenvalue weighted by molar-refractivity contribution is 0.181. The van der Waals surface area contributed by atoms with Crippen LogP contribution in [-0.4, -0.2) is 53.6 Å². The van der Waals surface area contributed by atoms with Crippen LogP contribution in [0, 0.1) is 0 Å². The summed E-state index contributed by atoms with van der Waals surface area (Å²) in [7, 11) is 0. The molecule has 138 valence electrons. The van der Waals surface area contributed by atoms with E-state index in [1.165, 1.54) is 25.7 Å². The minimum absolute atomic E-state index is 0.423. The average molecular weight is 353 g/mol. The Hall–Kier alpha value is -2.34. The highest BCUT2D eigenvalue weighted by molar-refractivity contribution is 5.44. The van der Waals surface area contributed by atoms with E-state index >= 15 is 0 Å². The molecule has 0 bridgehead atoms. The van der Waals surface area contributed by atoms with Crippen LogP contribution in [0.2, 0.25) is 0 Å². The maximum Gasteiger partial charge on any atom is 0.224 e. The van der Waals surface area contributed by atoms with E-state index in [1.807, 2.05) is 30.5 Å². The van der Waals surface area contributed by atoms with Crippen LogP contribution in [0.25, 0.3) is 6.08 Å². The molecule has 2 aliphatic heterocycles. The predicted octanol–water partition coefficient (Wildman–Crippen LogP) is 3.26. The third kappa shape index (κ3) is 4.43. The lowest BCUT2D eigenvalue weighted by Gasteiger charge is -2.39. The minimum Gasteiger partial charge on any atom is -0.465 e. The second-order valence-electron chi connectivity index (χ2n) is 7.12. The fraction of sp³-hybridized carbons (Fsp3) is 0.500. The zero-order valence-electron chi connectivity index (χ0n) is 15.2. The summed E-state index contributed by atoms with van der Waals surface area (Å²) in [5, 5.41) is 3.47. The molecule has 0 aromatic carbocycles. The van der Waals surface area contributed by atoms with E-state index < -0.39 is 0 Å². The van der Waals surface area contributed by atoms with Gasteiger partial charge in [0.05, 0.1) is 12.3 Å². The number of hydrogen-bond acceptors (Lipinski definition) is 6. The molecule has 0 unspecified atom stereocenters. The summed E-state index contributed by atoms with van der Waals surface area (Å²) >= 11 is 0. The highest BCUT2D eigenvalue weighted by atomic mass is 16.3. The van der Waals surface area contributed by atoms with Crippen molar-refractivity contribution in [2.45, 2.75) is 31.7 Å². The third-order valence-electron chi connectivity index (χ3n) is 5.05. The third-order valence-corrected chi connectivity index (χ3v) is 5.05. The van der Waals surface area contributed by atoms with Gasteiger partial charge in [-0.15, -0.1) is 0 Å². The van der Waals surface area contributed by atoms with Gasteiger partial charge in [0.2, 0.25) is 5.95 Å². The van der Waals surface area contributed by atoms with Crippen molar-refractivity contribution in [3.05, 3.63) is 42.5 Å². The first kappa shape index (κ1) is 17.1. The predicted molar refractivity (Wildman–Crippen MR) is 104 cm³/mol. The van der Waals surface area contributed by atoms with E-state index in [1.54, 1.807) is 6.26 Å². The second-order valence-corrected chi connectivity index (χ2v) is 7.12. The van der Waals surface area contributed by atoms with Crippen LogP contribution < -0.4 is 10.2 Å². The number of nitrogens with zero attached hydrogens (tertiary/aromatic N) is 4. The van der Waals surface area contributed by atoms with Gasteiger partial charge >= 0.3 is 0 Å². The van der Waals surface area contributed by atoms with Gasteiger partial charge in [-0.1, -0.05) is 18.9 Å². The molecule has 4 rings (SSSR count). The van der Waals surface area contributed by atoms with Gasteiger partial charge in [-0.3, -0.25) is 4.90 Å². The fourth-order valence-corrected chi connectivity index (χ4v) is 3.59. The molecule has 0 spiro atoms. The second kappa shape index (κ2) is 8.36. The van der Waals surface area contributed by atoms with Gasteiger partial charge in [-0.2, -0.15) is 4.98 Å². The number of aromatic nitrogens is 2. The van der Waals surface area contributed by atoms with Crippen LogP contribution >= 0.6 is 0 Å². The summed E-state index contributed by atoms with van der Waals surface area (Å²) in [5.74, 6) is 2.71. The maximum atomic E-state index is 5.30. The highest BCUT2D eigenvalue weighted by Crippen LogP contribution is 2.19. The Morgan fingerprint density at radius 3 is 2.77 bits per heavy atom. The molecule has 26 heavy (non-hydrogen) atoms. The van der Waals surface area contributed by atoms with Gasteiger partial charge in [0.15, 0.2) is 0 Å². The van der Waals surface area contributed by atoms with Crippen molar-refractivity contribution in [2.75, 3.05) is 42.9 Å². The molecule has 0 amide bonds. The Morgan fingerprint density at radius 2 is 2.00 bits per heavy atom. The smallest absolute Gasteiger partial charge is 0.224 e. The summed E-state index contributed by atoms with van der Waals surface area (Å²) in [5.41, 5.74) is 0. The van der Waals surface area contributed by atoms with Gasteiger partial charge in [0.25, 0.3) is 0 Å². The van der Waals surface area contributed by atoms with E-state index in [0.717, 1.165) is 50.3 Å². The van der Waals surface area contributed by atoms with Crippen LogP contribution in [0.4, 0.5) is 11.8 Å². The minimum atomic E-state index is 0.423. The van der Waals surface area contributed by atoms with Gasteiger partial charge in [0.1, 0.15) is 11.6 Å². The Bertz CT molecular complexity index is 701. The lowest BCUT2D eigenvalue weighted by Crippen LogP contribution is -2.54. The van der Waals surface area contributed by atoms with E-state index in [-0.39, 0.29) is 0 Å². The molecular weight excluding hydrogens is 326 g/mol. The van der Waals surface area contributed by atoms with E-state index in [4.69, 9.17) is 9.40 Å². The van der Waals surface area contributed by atoms with Crippen LogP contribution in [0.15, 0.2) is 41.2 Å². The molecule has 6 heteroatoms. The molecule has 0 radical (unpaired) electrons. The molecule has 2 saturated heterocycles. The number of anilines is 2. The van der Waals surface area contributed by atoms with Crippen molar-refractivity contribution >= 4 is 17.8 Å². The molecule has 2 aromatic heterocycles. The largest absolute Gasteiger partial charge is 0.465 e. The average Bonchev–Trinajstić information content (AvgIpc) is 2.99. The number of hydrogen-bond donors (Lipinski definition) is 1. The van der Waals surface area contributed by atoms with Crippen LogP contribution in [0.5, 0.6) is 0 Å². The van der Waals surface area contributed by atoms with E-state index in [2.05, 4.69) is 26.2 Å². The molecule has 2 aromatic rings. The van der Waals surface area contributed by atoms with E-state index in [9.17, 15) is 0 Å². The van der Waals surface area contributed by atoms with Crippen molar-refractivity contribution in [3.8, 4) is 0 Å². The molecular formula is C20H27N5O. The standard InChI is InChI=1S/C20H27N5O/c1-2-4-13-25(12-3-1)19-9-10-21-20(23-19)22-17-15-24(16-17)11-5-7-18-8-6-14-26-18/h5-10,14,17H,1-4,11-13,15-16H2,(H,21,22,23). The van der Waals surface area contributed by atoms with Crippen molar-refractivity contribution in [1.29, 1.82) is 0 Å². The first-order valence-electron chi connectivity index (χ1n) is 9.64. The molecule has 2 fully saturated rings. The number of likely N-dealkylation sites (tertiary alicyclic amines) is 1. The van der Waals surface area contributed by atoms with Crippen molar-refractivity contribution in [2.24, 2.45) is 0 Å². The van der Waals surface area contributed by atoms with Crippen molar-refractivity contribution in [3.63, 3.8) is 0 Å². The first-order valence-corrected chi connectivity index (χ1v) is 9.64. The molecule has 6 nitrogen and oxygen atoms in total. The van der Waals surface area contributed by atoms with E-state index in [0.29, 0.717) is 6.04 Å². The number of nitrogens with one attached hydrogen (secondary N) is 1. The zero-order valence-corrected chi connectivity index (χ0v) is 15.2. The highest BCUT2D eigenvalue weighted by Gasteiger charge is 2.26. The van der Waals surface area contributed by atoms with Gasteiger partial charge in [0, 0.05) is 38.9 Å². The summed E-state index contributed by atoms with van der Waals surface area (Å²) in [6.07, 6.45) is 12.9. The monoisotopic (exact) mass is 353 g/mol. The molecule has 1 N–H and O–H groups in total. The molecule has 0 atom stereocenters. The Morgan fingerprint density at radius 1 is 1.15 bits per heavy atom.